The third-order valence-electron chi connectivity index (χ3n) is 3.04. The van der Waals surface area contributed by atoms with Crippen molar-refractivity contribution in [2.75, 3.05) is 25.6 Å². The van der Waals surface area contributed by atoms with Crippen molar-refractivity contribution in [1.29, 1.82) is 0 Å². The number of amides is 2. The maximum atomic E-state index is 13.5. The minimum Gasteiger partial charge on any atom is -0.491 e. The molecule has 0 heterocycles. The molecular weight excluding hydrogens is 270 g/mol. The van der Waals surface area contributed by atoms with E-state index in [1.807, 2.05) is 0 Å². The molecule has 0 aromatic heterocycles. The Labute approximate surface area is 115 Å². The first kappa shape index (κ1) is 14.5. The van der Waals surface area contributed by atoms with Crippen LogP contribution in [-0.2, 0) is 0 Å². The molecule has 2 amide bonds. The number of methoxy groups -OCH3 is 1. The fourth-order valence-corrected chi connectivity index (χ4v) is 1.97. The summed E-state index contributed by atoms with van der Waals surface area (Å²) in [5.41, 5.74) is 0.00869. The summed E-state index contributed by atoms with van der Waals surface area (Å²) in [6.45, 7) is 0.0346. The SMILES string of the molecule is COc1c(F)cc(NC(=O)N(CCO)C2CC2)cc1F. The fourth-order valence-electron chi connectivity index (χ4n) is 1.97. The van der Waals surface area contributed by atoms with Crippen LogP contribution in [0, 0.1) is 11.6 Å². The smallest absolute Gasteiger partial charge is 0.322 e. The number of nitrogens with zero attached hydrogens (tertiary/aromatic N) is 1. The van der Waals surface area contributed by atoms with Gasteiger partial charge in [-0.1, -0.05) is 0 Å². The highest BCUT2D eigenvalue weighted by Crippen LogP contribution is 2.28. The number of urea groups is 1. The lowest BCUT2D eigenvalue weighted by atomic mass is 10.2. The third kappa shape index (κ3) is 3.16. The fraction of sp³-hybridized carbons (Fsp3) is 0.462. The van der Waals surface area contributed by atoms with E-state index in [9.17, 15) is 13.6 Å². The van der Waals surface area contributed by atoms with Gasteiger partial charge in [-0.15, -0.1) is 0 Å². The topological polar surface area (TPSA) is 61.8 Å². The second-order valence-electron chi connectivity index (χ2n) is 4.55. The molecule has 0 aliphatic heterocycles. The van der Waals surface area contributed by atoms with Crippen LogP contribution >= 0.6 is 0 Å². The van der Waals surface area contributed by atoms with Gasteiger partial charge in [-0.2, -0.15) is 0 Å². The lowest BCUT2D eigenvalue weighted by molar-refractivity contribution is 0.185. The summed E-state index contributed by atoms with van der Waals surface area (Å²) in [7, 11) is 1.16. The Bertz CT molecular complexity index is 483. The lowest BCUT2D eigenvalue weighted by Gasteiger charge is -2.22. The molecule has 1 aliphatic rings. The van der Waals surface area contributed by atoms with E-state index in [1.54, 1.807) is 0 Å². The van der Waals surface area contributed by atoms with Crippen molar-refractivity contribution in [3.8, 4) is 5.75 Å². The second kappa shape index (κ2) is 6.04. The van der Waals surface area contributed by atoms with Gasteiger partial charge in [-0.25, -0.2) is 13.6 Å². The first-order valence-corrected chi connectivity index (χ1v) is 6.28. The van der Waals surface area contributed by atoms with Gasteiger partial charge in [-0.3, -0.25) is 0 Å². The molecule has 2 rings (SSSR count). The van der Waals surface area contributed by atoms with Crippen molar-refractivity contribution < 1.29 is 23.4 Å². The molecule has 5 nitrogen and oxygen atoms in total. The quantitative estimate of drug-likeness (QED) is 0.870. The number of nitrogens with one attached hydrogen (secondary N) is 1. The van der Waals surface area contributed by atoms with Crippen LogP contribution in [0.25, 0.3) is 0 Å². The maximum absolute atomic E-state index is 13.5. The molecule has 0 bridgehead atoms. The number of carbonyl (C=O) groups excluding carboxylic acids is 1. The van der Waals surface area contributed by atoms with Crippen molar-refractivity contribution in [3.05, 3.63) is 23.8 Å². The van der Waals surface area contributed by atoms with E-state index in [-0.39, 0.29) is 24.9 Å². The Hall–Kier alpha value is -1.89. The molecule has 1 aromatic carbocycles. The van der Waals surface area contributed by atoms with Crippen molar-refractivity contribution in [1.82, 2.24) is 4.90 Å². The summed E-state index contributed by atoms with van der Waals surface area (Å²) in [4.78, 5) is 13.4. The summed E-state index contributed by atoms with van der Waals surface area (Å²) in [5, 5.41) is 11.3. The number of aliphatic hydroxyl groups excluding tert-OH is 1. The van der Waals surface area contributed by atoms with Gasteiger partial charge in [0.2, 0.25) is 0 Å². The van der Waals surface area contributed by atoms with E-state index in [0.29, 0.717) is 0 Å². The van der Waals surface area contributed by atoms with Crippen molar-refractivity contribution in [3.63, 3.8) is 0 Å². The molecule has 1 aromatic rings. The number of anilines is 1. The van der Waals surface area contributed by atoms with Crippen LogP contribution in [0.5, 0.6) is 5.75 Å². The highest BCUT2D eigenvalue weighted by Gasteiger charge is 2.32. The summed E-state index contributed by atoms with van der Waals surface area (Å²) < 4.78 is 31.6. The molecule has 2 N–H and O–H groups in total. The van der Waals surface area contributed by atoms with E-state index in [0.717, 1.165) is 32.1 Å². The normalized spacial score (nSPS) is 14.0. The molecule has 1 saturated carbocycles. The van der Waals surface area contributed by atoms with Crippen LogP contribution in [0.3, 0.4) is 0 Å². The van der Waals surface area contributed by atoms with Crippen molar-refractivity contribution in [2.45, 2.75) is 18.9 Å². The predicted molar refractivity (Wildman–Crippen MR) is 68.7 cm³/mol. The number of halogens is 2. The minimum absolute atomic E-state index is 0.00869. The standard InChI is InChI=1S/C13H16F2N2O3/c1-20-12-10(14)6-8(7-11(12)15)16-13(19)17(4-5-18)9-2-3-9/h6-7,9,18H,2-5H2,1H3,(H,16,19). The van der Waals surface area contributed by atoms with Crippen LogP contribution in [-0.4, -0.2) is 42.3 Å². The summed E-state index contributed by atoms with van der Waals surface area (Å²) in [6.07, 6.45) is 1.75. The summed E-state index contributed by atoms with van der Waals surface area (Å²) in [6, 6.07) is 1.59. The summed E-state index contributed by atoms with van der Waals surface area (Å²) >= 11 is 0. The van der Waals surface area contributed by atoms with Gasteiger partial charge in [0.05, 0.1) is 13.7 Å². The Morgan fingerprint density at radius 3 is 2.50 bits per heavy atom. The minimum atomic E-state index is -0.886. The van der Waals surface area contributed by atoms with E-state index in [4.69, 9.17) is 5.11 Å². The van der Waals surface area contributed by atoms with Crippen LogP contribution in [0.2, 0.25) is 0 Å². The molecule has 110 valence electrons. The molecular formula is C13H16F2N2O3. The first-order chi connectivity index (χ1) is 9.56. The number of rotatable bonds is 5. The van der Waals surface area contributed by atoms with E-state index in [2.05, 4.69) is 10.1 Å². The predicted octanol–water partition coefficient (Wildman–Crippen LogP) is 1.96. The number of hydrogen-bond donors (Lipinski definition) is 2. The Balaban J connectivity index is 2.10. The van der Waals surface area contributed by atoms with Gasteiger partial charge in [0.25, 0.3) is 0 Å². The summed E-state index contributed by atoms with van der Waals surface area (Å²) in [5.74, 6) is -2.26. The molecule has 1 fully saturated rings. The Kier molecular flexibility index (Phi) is 4.39. The monoisotopic (exact) mass is 286 g/mol. The zero-order chi connectivity index (χ0) is 14.7. The first-order valence-electron chi connectivity index (χ1n) is 6.28. The molecule has 0 spiro atoms. The molecule has 0 radical (unpaired) electrons. The third-order valence-corrected chi connectivity index (χ3v) is 3.04. The van der Waals surface area contributed by atoms with Crippen LogP contribution in [0.4, 0.5) is 19.3 Å². The van der Waals surface area contributed by atoms with Gasteiger partial charge >= 0.3 is 6.03 Å². The number of hydrogen-bond acceptors (Lipinski definition) is 3. The van der Waals surface area contributed by atoms with Crippen molar-refractivity contribution >= 4 is 11.7 Å². The number of ether oxygens (including phenoxy) is 1. The molecule has 0 saturated heterocycles. The van der Waals surface area contributed by atoms with Crippen molar-refractivity contribution in [2.24, 2.45) is 0 Å². The number of carbonyl (C=O) groups is 1. The average molecular weight is 286 g/mol. The highest BCUT2D eigenvalue weighted by molar-refractivity contribution is 5.89. The van der Waals surface area contributed by atoms with Gasteiger partial charge in [0, 0.05) is 30.4 Å². The van der Waals surface area contributed by atoms with E-state index >= 15 is 0 Å². The van der Waals surface area contributed by atoms with Gasteiger partial charge in [-0.05, 0) is 12.8 Å². The van der Waals surface area contributed by atoms with Gasteiger partial charge < -0.3 is 20.1 Å². The van der Waals surface area contributed by atoms with E-state index < -0.39 is 23.4 Å². The second-order valence-corrected chi connectivity index (χ2v) is 4.55. The molecule has 1 aliphatic carbocycles. The lowest BCUT2D eigenvalue weighted by Crippen LogP contribution is -2.38. The number of aliphatic hydroxyl groups is 1. The zero-order valence-electron chi connectivity index (χ0n) is 11.0. The number of benzene rings is 1. The zero-order valence-corrected chi connectivity index (χ0v) is 11.0. The van der Waals surface area contributed by atoms with Crippen LogP contribution in [0.15, 0.2) is 12.1 Å². The van der Waals surface area contributed by atoms with Gasteiger partial charge in [0.1, 0.15) is 0 Å². The van der Waals surface area contributed by atoms with Gasteiger partial charge in [0.15, 0.2) is 17.4 Å². The van der Waals surface area contributed by atoms with Crippen LogP contribution < -0.4 is 10.1 Å². The molecule has 0 unspecified atom stereocenters. The molecule has 20 heavy (non-hydrogen) atoms. The average Bonchev–Trinajstić information content (AvgIpc) is 3.19. The Morgan fingerprint density at radius 2 is 2.05 bits per heavy atom. The maximum Gasteiger partial charge on any atom is 0.322 e. The molecule has 0 atom stereocenters. The molecule has 7 heteroatoms. The van der Waals surface area contributed by atoms with E-state index in [1.165, 1.54) is 4.90 Å². The van der Waals surface area contributed by atoms with Crippen LogP contribution in [0.1, 0.15) is 12.8 Å². The highest BCUT2D eigenvalue weighted by atomic mass is 19.1. The largest absolute Gasteiger partial charge is 0.491 e. The Morgan fingerprint density at radius 1 is 1.45 bits per heavy atom.